The molecule has 0 aromatic rings. The fraction of sp³-hybridized carbons (Fsp3) is 1.00. The molecule has 0 bridgehead atoms. The third kappa shape index (κ3) is 3.52. The van der Waals surface area contributed by atoms with Crippen LogP contribution in [0.3, 0.4) is 0 Å². The predicted octanol–water partition coefficient (Wildman–Crippen LogP) is 0.866. The molecule has 0 radical (unpaired) electrons. The molecule has 3 atom stereocenters. The first-order valence-corrected chi connectivity index (χ1v) is 4.78. The maximum Gasteiger partial charge on any atom is 0.0587 e. The molecular formula is C9H22N2O. The van der Waals surface area contributed by atoms with E-state index in [4.69, 9.17) is 16.2 Å². The molecule has 4 N–H and O–H groups in total. The van der Waals surface area contributed by atoms with Gasteiger partial charge in [-0.1, -0.05) is 13.8 Å². The summed E-state index contributed by atoms with van der Waals surface area (Å²) in [6, 6.07) is 0.324. The Morgan fingerprint density at radius 1 is 1.08 bits per heavy atom. The first-order valence-electron chi connectivity index (χ1n) is 4.78. The van der Waals surface area contributed by atoms with Gasteiger partial charge in [-0.05, 0) is 19.3 Å². The fourth-order valence-corrected chi connectivity index (χ4v) is 1.40. The second-order valence-electron chi connectivity index (χ2n) is 3.00. The molecule has 3 heteroatoms. The highest BCUT2D eigenvalue weighted by atomic mass is 16.5. The van der Waals surface area contributed by atoms with Crippen LogP contribution in [0.1, 0.15) is 33.1 Å². The molecule has 0 aliphatic heterocycles. The minimum Gasteiger partial charge on any atom is -0.381 e. The summed E-state index contributed by atoms with van der Waals surface area (Å²) in [5.41, 5.74) is 11.5. The van der Waals surface area contributed by atoms with E-state index in [0.29, 0.717) is 6.10 Å². The third-order valence-corrected chi connectivity index (χ3v) is 2.24. The Balaban J connectivity index is 0.000000561. The number of ether oxygens (including phenoxy) is 1. The van der Waals surface area contributed by atoms with Gasteiger partial charge in [0.2, 0.25) is 0 Å². The van der Waals surface area contributed by atoms with Crippen LogP contribution in [0, 0.1) is 0 Å². The maximum atomic E-state index is 5.74. The van der Waals surface area contributed by atoms with E-state index in [0.717, 1.165) is 19.3 Å². The molecule has 1 fully saturated rings. The van der Waals surface area contributed by atoms with E-state index in [2.05, 4.69) is 0 Å². The van der Waals surface area contributed by atoms with Crippen LogP contribution in [0.4, 0.5) is 0 Å². The standard InChI is InChI=1S/C7H16N2O.C2H6/c1-10-5-2-3-6(8)7(9)4-5;1-2/h5-7H,2-4,8-9H2,1H3;1-2H3. The van der Waals surface area contributed by atoms with Crippen LogP contribution >= 0.6 is 0 Å². The Kier molecular flexibility index (Phi) is 6.34. The number of hydrogen-bond donors (Lipinski definition) is 2. The molecule has 1 rings (SSSR count). The molecule has 0 aromatic heterocycles. The zero-order valence-corrected chi connectivity index (χ0v) is 8.42. The topological polar surface area (TPSA) is 61.3 Å². The lowest BCUT2D eigenvalue weighted by atomic mass is 9.89. The van der Waals surface area contributed by atoms with Crippen LogP contribution in [-0.4, -0.2) is 25.3 Å². The normalized spacial score (nSPS) is 35.2. The Morgan fingerprint density at radius 2 is 1.67 bits per heavy atom. The molecule has 1 saturated carbocycles. The SMILES string of the molecule is CC.COC1CCC(N)C(N)C1. The molecule has 0 aromatic carbocycles. The van der Waals surface area contributed by atoms with Gasteiger partial charge in [0.15, 0.2) is 0 Å². The second-order valence-corrected chi connectivity index (χ2v) is 3.00. The Morgan fingerprint density at radius 3 is 2.08 bits per heavy atom. The molecule has 0 amide bonds. The molecule has 0 heterocycles. The molecule has 74 valence electrons. The van der Waals surface area contributed by atoms with Gasteiger partial charge in [-0.15, -0.1) is 0 Å². The van der Waals surface area contributed by atoms with Crippen molar-refractivity contribution in [1.82, 2.24) is 0 Å². The van der Waals surface area contributed by atoms with Gasteiger partial charge in [0.1, 0.15) is 0 Å². The highest BCUT2D eigenvalue weighted by Gasteiger charge is 2.24. The first kappa shape index (κ1) is 11.9. The van der Waals surface area contributed by atoms with Crippen molar-refractivity contribution >= 4 is 0 Å². The number of nitrogens with two attached hydrogens (primary N) is 2. The average molecular weight is 174 g/mol. The monoisotopic (exact) mass is 174 g/mol. The van der Waals surface area contributed by atoms with Crippen molar-refractivity contribution < 1.29 is 4.74 Å². The van der Waals surface area contributed by atoms with Crippen LogP contribution in [-0.2, 0) is 4.74 Å². The lowest BCUT2D eigenvalue weighted by Gasteiger charge is -2.30. The first-order chi connectivity index (χ1) is 5.74. The smallest absolute Gasteiger partial charge is 0.0587 e. The van der Waals surface area contributed by atoms with Crippen molar-refractivity contribution in [1.29, 1.82) is 0 Å². The van der Waals surface area contributed by atoms with E-state index < -0.39 is 0 Å². The highest BCUT2D eigenvalue weighted by Crippen LogP contribution is 2.18. The van der Waals surface area contributed by atoms with Crippen LogP contribution in [0.5, 0.6) is 0 Å². The van der Waals surface area contributed by atoms with Gasteiger partial charge >= 0.3 is 0 Å². The van der Waals surface area contributed by atoms with Crippen molar-refractivity contribution in [3.05, 3.63) is 0 Å². The van der Waals surface area contributed by atoms with E-state index >= 15 is 0 Å². The lowest BCUT2D eigenvalue weighted by Crippen LogP contribution is -2.47. The molecule has 0 spiro atoms. The van der Waals surface area contributed by atoms with E-state index in [-0.39, 0.29) is 12.1 Å². The van der Waals surface area contributed by atoms with Gasteiger partial charge in [-0.3, -0.25) is 0 Å². The van der Waals surface area contributed by atoms with Gasteiger partial charge < -0.3 is 16.2 Å². The summed E-state index contributed by atoms with van der Waals surface area (Å²) < 4.78 is 5.17. The second kappa shape index (κ2) is 6.40. The van der Waals surface area contributed by atoms with Crippen LogP contribution in [0.2, 0.25) is 0 Å². The lowest BCUT2D eigenvalue weighted by molar-refractivity contribution is 0.0591. The predicted molar refractivity (Wildman–Crippen MR) is 51.9 cm³/mol. The van der Waals surface area contributed by atoms with Crippen molar-refractivity contribution in [3.63, 3.8) is 0 Å². The van der Waals surface area contributed by atoms with Crippen molar-refractivity contribution in [2.45, 2.75) is 51.3 Å². The molecule has 0 saturated heterocycles. The number of methoxy groups -OCH3 is 1. The number of hydrogen-bond acceptors (Lipinski definition) is 3. The van der Waals surface area contributed by atoms with Gasteiger partial charge in [-0.2, -0.15) is 0 Å². The van der Waals surface area contributed by atoms with Crippen molar-refractivity contribution in [2.24, 2.45) is 11.5 Å². The summed E-state index contributed by atoms with van der Waals surface area (Å²) in [7, 11) is 1.73. The molecule has 1 aliphatic carbocycles. The summed E-state index contributed by atoms with van der Waals surface area (Å²) in [6.45, 7) is 4.00. The Labute approximate surface area is 75.5 Å². The van der Waals surface area contributed by atoms with Gasteiger partial charge in [0.05, 0.1) is 6.10 Å². The molecule has 3 nitrogen and oxygen atoms in total. The minimum absolute atomic E-state index is 0.138. The summed E-state index contributed by atoms with van der Waals surface area (Å²) in [4.78, 5) is 0. The fourth-order valence-electron chi connectivity index (χ4n) is 1.40. The van der Waals surface area contributed by atoms with E-state index in [1.807, 2.05) is 13.8 Å². The van der Waals surface area contributed by atoms with E-state index in [1.54, 1.807) is 7.11 Å². The number of rotatable bonds is 1. The summed E-state index contributed by atoms with van der Waals surface area (Å²) >= 11 is 0. The Bertz CT molecular complexity index is 109. The maximum absolute atomic E-state index is 5.74. The van der Waals surface area contributed by atoms with Crippen LogP contribution in [0.25, 0.3) is 0 Å². The third-order valence-electron chi connectivity index (χ3n) is 2.24. The largest absolute Gasteiger partial charge is 0.381 e. The quantitative estimate of drug-likeness (QED) is 0.620. The summed E-state index contributed by atoms with van der Waals surface area (Å²) in [6.07, 6.45) is 3.32. The Hall–Kier alpha value is -0.120. The molecule has 12 heavy (non-hydrogen) atoms. The van der Waals surface area contributed by atoms with Crippen molar-refractivity contribution in [2.75, 3.05) is 7.11 Å². The van der Waals surface area contributed by atoms with E-state index in [1.165, 1.54) is 0 Å². The molecule has 1 aliphatic rings. The van der Waals surface area contributed by atoms with Crippen LogP contribution < -0.4 is 11.5 Å². The summed E-state index contributed by atoms with van der Waals surface area (Å²) in [5.74, 6) is 0. The van der Waals surface area contributed by atoms with Gasteiger partial charge in [0, 0.05) is 19.2 Å². The average Bonchev–Trinajstić information content (AvgIpc) is 2.13. The van der Waals surface area contributed by atoms with Crippen molar-refractivity contribution in [3.8, 4) is 0 Å². The van der Waals surface area contributed by atoms with Crippen LogP contribution in [0.15, 0.2) is 0 Å². The van der Waals surface area contributed by atoms with E-state index in [9.17, 15) is 0 Å². The highest BCUT2D eigenvalue weighted by molar-refractivity contribution is 4.85. The zero-order chi connectivity index (χ0) is 9.56. The molecular weight excluding hydrogens is 152 g/mol. The molecule has 3 unspecified atom stereocenters. The van der Waals surface area contributed by atoms with Gasteiger partial charge in [0.25, 0.3) is 0 Å². The van der Waals surface area contributed by atoms with Gasteiger partial charge in [-0.25, -0.2) is 0 Å². The minimum atomic E-state index is 0.138. The summed E-state index contributed by atoms with van der Waals surface area (Å²) in [5, 5.41) is 0. The zero-order valence-electron chi connectivity index (χ0n) is 8.42.